The van der Waals surface area contributed by atoms with Gasteiger partial charge in [-0.25, -0.2) is 0 Å². The minimum atomic E-state index is 0.145. The van der Waals surface area contributed by atoms with Gasteiger partial charge in [-0.05, 0) is 52.0 Å². The van der Waals surface area contributed by atoms with Crippen molar-refractivity contribution in [3.63, 3.8) is 0 Å². The third-order valence-corrected chi connectivity index (χ3v) is 4.84. The largest absolute Gasteiger partial charge is 0.339 e. The van der Waals surface area contributed by atoms with Crippen LogP contribution in [0, 0.1) is 19.8 Å². The van der Waals surface area contributed by atoms with Crippen molar-refractivity contribution in [3.8, 4) is 0 Å². The number of nitrogens with zero attached hydrogens (tertiary/aromatic N) is 2. The number of nitrogens with one attached hydrogen (secondary N) is 2. The molecule has 0 aromatic carbocycles. The van der Waals surface area contributed by atoms with E-state index in [4.69, 9.17) is 0 Å². The lowest BCUT2D eigenvalue weighted by atomic mass is 9.88. The maximum Gasteiger partial charge on any atom is 0.257 e. The Morgan fingerprint density at radius 3 is 2.55 bits per heavy atom. The van der Waals surface area contributed by atoms with Gasteiger partial charge < -0.3 is 10.2 Å². The number of hydrogen-bond donors (Lipinski definition) is 2. The van der Waals surface area contributed by atoms with E-state index < -0.39 is 0 Å². The highest BCUT2D eigenvalue weighted by Crippen LogP contribution is 2.26. The Balaban J connectivity index is 1.62. The molecule has 2 N–H and O–H groups in total. The van der Waals surface area contributed by atoms with E-state index in [0.29, 0.717) is 6.04 Å². The summed E-state index contributed by atoms with van der Waals surface area (Å²) in [7, 11) is 0. The second kappa shape index (κ2) is 5.56. The van der Waals surface area contributed by atoms with Gasteiger partial charge in [0, 0.05) is 24.8 Å². The lowest BCUT2D eigenvalue weighted by Crippen LogP contribution is -2.43. The van der Waals surface area contributed by atoms with Crippen molar-refractivity contribution in [3.05, 3.63) is 17.0 Å². The van der Waals surface area contributed by atoms with Crippen LogP contribution in [0.2, 0.25) is 0 Å². The highest BCUT2D eigenvalue weighted by molar-refractivity contribution is 5.96. The van der Waals surface area contributed by atoms with Crippen LogP contribution in [-0.4, -0.2) is 46.7 Å². The Morgan fingerprint density at radius 2 is 2.00 bits per heavy atom. The summed E-state index contributed by atoms with van der Waals surface area (Å²) < 4.78 is 0. The van der Waals surface area contributed by atoms with Gasteiger partial charge in [-0.2, -0.15) is 5.10 Å². The number of rotatable bonds is 2. The number of hydrogen-bond acceptors (Lipinski definition) is 3. The zero-order chi connectivity index (χ0) is 14.1. The predicted molar refractivity (Wildman–Crippen MR) is 77.7 cm³/mol. The van der Waals surface area contributed by atoms with E-state index in [2.05, 4.69) is 15.5 Å². The SMILES string of the molecule is Cc1n[nH]c(C)c1C(=O)N1CCC(C2CCCN2)CC1. The number of aryl methyl sites for hydroxylation is 2. The van der Waals surface area contributed by atoms with E-state index in [9.17, 15) is 4.79 Å². The van der Waals surface area contributed by atoms with Gasteiger partial charge in [0.05, 0.1) is 11.3 Å². The number of carbonyl (C=O) groups is 1. The molecule has 0 aliphatic carbocycles. The van der Waals surface area contributed by atoms with Crippen molar-refractivity contribution in [2.24, 2.45) is 5.92 Å². The third kappa shape index (κ3) is 2.46. The molecule has 2 saturated heterocycles. The van der Waals surface area contributed by atoms with Crippen molar-refractivity contribution >= 4 is 5.91 Å². The topological polar surface area (TPSA) is 61.0 Å². The highest BCUT2D eigenvalue weighted by Gasteiger charge is 2.31. The summed E-state index contributed by atoms with van der Waals surface area (Å²) >= 11 is 0. The van der Waals surface area contributed by atoms with E-state index in [1.54, 1.807) is 0 Å². The second-order valence-electron chi connectivity index (χ2n) is 6.14. The normalized spacial score (nSPS) is 24.3. The molecule has 5 nitrogen and oxygen atoms in total. The van der Waals surface area contributed by atoms with Crippen LogP contribution in [0.1, 0.15) is 47.4 Å². The highest BCUT2D eigenvalue weighted by atomic mass is 16.2. The van der Waals surface area contributed by atoms with Gasteiger partial charge in [0.2, 0.25) is 0 Å². The Kier molecular flexibility index (Phi) is 3.78. The molecule has 1 unspecified atom stereocenters. The van der Waals surface area contributed by atoms with Crippen LogP contribution in [0.15, 0.2) is 0 Å². The van der Waals surface area contributed by atoms with Crippen LogP contribution in [0.3, 0.4) is 0 Å². The molecule has 5 heteroatoms. The van der Waals surface area contributed by atoms with E-state index in [1.807, 2.05) is 18.7 Å². The van der Waals surface area contributed by atoms with Gasteiger partial charge in [0.25, 0.3) is 5.91 Å². The lowest BCUT2D eigenvalue weighted by molar-refractivity contribution is 0.0673. The fraction of sp³-hybridized carbons (Fsp3) is 0.733. The summed E-state index contributed by atoms with van der Waals surface area (Å²) in [6, 6.07) is 0.685. The molecule has 0 saturated carbocycles. The van der Waals surface area contributed by atoms with Crippen LogP contribution in [-0.2, 0) is 0 Å². The molecule has 2 aliphatic rings. The molecular formula is C15H24N4O. The van der Waals surface area contributed by atoms with Gasteiger partial charge in [0.15, 0.2) is 0 Å². The summed E-state index contributed by atoms with van der Waals surface area (Å²) in [5.41, 5.74) is 2.46. The van der Waals surface area contributed by atoms with Gasteiger partial charge in [-0.3, -0.25) is 9.89 Å². The first-order valence-corrected chi connectivity index (χ1v) is 7.71. The maximum absolute atomic E-state index is 12.6. The fourth-order valence-corrected chi connectivity index (χ4v) is 3.64. The molecule has 2 aliphatic heterocycles. The Hall–Kier alpha value is -1.36. The molecule has 110 valence electrons. The minimum Gasteiger partial charge on any atom is -0.339 e. The second-order valence-corrected chi connectivity index (χ2v) is 6.14. The molecule has 1 atom stereocenters. The van der Waals surface area contributed by atoms with Crippen LogP contribution >= 0.6 is 0 Å². The average Bonchev–Trinajstić information content (AvgIpc) is 3.09. The van der Waals surface area contributed by atoms with Crippen molar-refractivity contribution < 1.29 is 4.79 Å². The smallest absolute Gasteiger partial charge is 0.257 e. The number of piperidine rings is 1. The van der Waals surface area contributed by atoms with E-state index >= 15 is 0 Å². The van der Waals surface area contributed by atoms with Crippen molar-refractivity contribution in [2.75, 3.05) is 19.6 Å². The average molecular weight is 276 g/mol. The van der Waals surface area contributed by atoms with Crippen LogP contribution < -0.4 is 5.32 Å². The Morgan fingerprint density at radius 1 is 1.25 bits per heavy atom. The number of amides is 1. The summed E-state index contributed by atoms with van der Waals surface area (Å²) in [5.74, 6) is 0.889. The molecule has 3 rings (SSSR count). The number of likely N-dealkylation sites (tertiary alicyclic amines) is 1. The van der Waals surface area contributed by atoms with Crippen LogP contribution in [0.4, 0.5) is 0 Å². The number of aromatic nitrogens is 2. The minimum absolute atomic E-state index is 0.145. The molecule has 0 bridgehead atoms. The molecule has 1 aromatic heterocycles. The van der Waals surface area contributed by atoms with Crippen LogP contribution in [0.25, 0.3) is 0 Å². The van der Waals surface area contributed by atoms with Gasteiger partial charge in [0.1, 0.15) is 0 Å². The van der Waals surface area contributed by atoms with E-state index in [0.717, 1.165) is 55.3 Å². The standard InChI is InChI=1S/C15H24N4O/c1-10-14(11(2)18-17-10)15(20)19-8-5-12(6-9-19)13-4-3-7-16-13/h12-13,16H,3-9H2,1-2H3,(H,17,18). The Labute approximate surface area is 120 Å². The molecule has 3 heterocycles. The Bertz CT molecular complexity index is 463. The first-order valence-electron chi connectivity index (χ1n) is 7.71. The molecular weight excluding hydrogens is 252 g/mol. The first kappa shape index (κ1) is 13.6. The van der Waals surface area contributed by atoms with Gasteiger partial charge in [-0.1, -0.05) is 0 Å². The summed E-state index contributed by atoms with van der Waals surface area (Å²) in [6.07, 6.45) is 4.86. The fourth-order valence-electron chi connectivity index (χ4n) is 3.64. The summed E-state index contributed by atoms with van der Waals surface area (Å²) in [6.45, 7) is 6.74. The molecule has 0 spiro atoms. The quantitative estimate of drug-likeness (QED) is 0.863. The third-order valence-electron chi connectivity index (χ3n) is 4.84. The molecule has 2 fully saturated rings. The predicted octanol–water partition coefficient (Wildman–Crippen LogP) is 1.63. The number of aromatic amines is 1. The molecule has 0 radical (unpaired) electrons. The molecule has 1 amide bonds. The van der Waals surface area contributed by atoms with E-state index in [-0.39, 0.29) is 5.91 Å². The monoisotopic (exact) mass is 276 g/mol. The van der Waals surface area contributed by atoms with Crippen molar-refractivity contribution in [2.45, 2.75) is 45.6 Å². The van der Waals surface area contributed by atoms with Gasteiger partial charge >= 0.3 is 0 Å². The van der Waals surface area contributed by atoms with Crippen LogP contribution in [0.5, 0.6) is 0 Å². The lowest BCUT2D eigenvalue weighted by Gasteiger charge is -2.35. The molecule has 20 heavy (non-hydrogen) atoms. The van der Waals surface area contributed by atoms with Crippen molar-refractivity contribution in [1.82, 2.24) is 20.4 Å². The molecule has 1 aromatic rings. The van der Waals surface area contributed by atoms with Crippen molar-refractivity contribution in [1.29, 1.82) is 0 Å². The summed E-state index contributed by atoms with van der Waals surface area (Å²) in [5, 5.41) is 10.6. The zero-order valence-electron chi connectivity index (χ0n) is 12.4. The maximum atomic E-state index is 12.6. The number of carbonyl (C=O) groups excluding carboxylic acids is 1. The van der Waals surface area contributed by atoms with E-state index in [1.165, 1.54) is 12.8 Å². The number of H-pyrrole nitrogens is 1. The zero-order valence-corrected chi connectivity index (χ0v) is 12.4. The first-order chi connectivity index (χ1) is 9.66. The van der Waals surface area contributed by atoms with Gasteiger partial charge in [-0.15, -0.1) is 0 Å². The summed E-state index contributed by atoms with van der Waals surface area (Å²) in [4.78, 5) is 14.6.